The second-order valence-electron chi connectivity index (χ2n) is 6.67. The molecule has 160 valence electrons. The van der Waals surface area contributed by atoms with Crippen LogP contribution in [-0.2, 0) is 4.74 Å². The van der Waals surface area contributed by atoms with Gasteiger partial charge in [-0.15, -0.1) is 11.8 Å². The normalized spacial score (nSPS) is 13.7. The molecule has 1 aliphatic rings. The maximum atomic E-state index is 12.1. The Hall–Kier alpha value is -2.88. The summed E-state index contributed by atoms with van der Waals surface area (Å²) < 4.78 is 5.45. The second-order valence-corrected chi connectivity index (χ2v) is 7.85. The molecule has 0 unspecified atom stereocenters. The van der Waals surface area contributed by atoms with Crippen LogP contribution < -0.4 is 15.5 Å². The largest absolute Gasteiger partial charge is 0.378 e. The topological polar surface area (TPSA) is 92.3 Å². The highest BCUT2D eigenvalue weighted by molar-refractivity contribution is 7.98. The van der Waals surface area contributed by atoms with Gasteiger partial charge in [0.25, 0.3) is 0 Å². The quantitative estimate of drug-likeness (QED) is 0.434. The van der Waals surface area contributed by atoms with Crippen LogP contribution in [-0.4, -0.2) is 53.5 Å². The number of anilines is 3. The van der Waals surface area contributed by atoms with Crippen molar-refractivity contribution in [3.8, 4) is 11.4 Å². The third-order valence-electron chi connectivity index (χ3n) is 4.62. The number of ether oxygens (including phenoxy) is 1. The predicted octanol–water partition coefficient (Wildman–Crippen LogP) is 4.39. The van der Waals surface area contributed by atoms with E-state index in [0.717, 1.165) is 23.8 Å². The zero-order valence-electron chi connectivity index (χ0n) is 16.8. The molecular weight excluding hydrogens is 436 g/mol. The summed E-state index contributed by atoms with van der Waals surface area (Å²) in [4.78, 5) is 28.7. The first-order chi connectivity index (χ1) is 15.1. The number of pyridine rings is 1. The van der Waals surface area contributed by atoms with Crippen molar-refractivity contribution in [3.63, 3.8) is 0 Å². The Balaban J connectivity index is 1.52. The first kappa shape index (κ1) is 21.4. The number of para-hydroxylation sites is 1. The van der Waals surface area contributed by atoms with Crippen molar-refractivity contribution >= 4 is 46.7 Å². The maximum Gasteiger partial charge on any atom is 0.324 e. The monoisotopic (exact) mass is 456 g/mol. The average molecular weight is 457 g/mol. The Morgan fingerprint density at radius 3 is 2.55 bits per heavy atom. The van der Waals surface area contributed by atoms with E-state index in [1.165, 1.54) is 11.8 Å². The average Bonchev–Trinajstić information content (AvgIpc) is 2.80. The molecule has 0 saturated carbocycles. The summed E-state index contributed by atoms with van der Waals surface area (Å²) in [6.45, 7) is 2.80. The molecule has 3 aromatic rings. The number of nitrogens with one attached hydrogen (secondary N) is 2. The standard InChI is InChI=1S/C21H21ClN6O2S/c1-31-17-18(22)26-19(27-20(17)28-9-11-30-12-10-28)14-7-8-16(23-13-14)25-21(29)24-15-5-3-2-4-6-15/h2-8,13H,9-12H2,1H3,(H2,23,24,25,29). The van der Waals surface area contributed by atoms with Gasteiger partial charge in [0.15, 0.2) is 5.82 Å². The number of carbonyl (C=O) groups excluding carboxylic acids is 1. The van der Waals surface area contributed by atoms with Gasteiger partial charge in [0.2, 0.25) is 0 Å². The number of hydrogen-bond donors (Lipinski definition) is 2. The van der Waals surface area contributed by atoms with E-state index in [1.54, 1.807) is 18.3 Å². The van der Waals surface area contributed by atoms with Gasteiger partial charge in [-0.1, -0.05) is 29.8 Å². The lowest BCUT2D eigenvalue weighted by Gasteiger charge is -2.29. The van der Waals surface area contributed by atoms with Gasteiger partial charge in [-0.2, -0.15) is 0 Å². The number of urea groups is 1. The molecule has 2 N–H and O–H groups in total. The summed E-state index contributed by atoms with van der Waals surface area (Å²) in [5.41, 5.74) is 1.40. The summed E-state index contributed by atoms with van der Waals surface area (Å²) in [6.07, 6.45) is 3.57. The van der Waals surface area contributed by atoms with E-state index >= 15 is 0 Å². The molecule has 1 aromatic carbocycles. The zero-order valence-corrected chi connectivity index (χ0v) is 18.4. The van der Waals surface area contributed by atoms with Crippen molar-refractivity contribution in [1.29, 1.82) is 0 Å². The number of nitrogens with zero attached hydrogens (tertiary/aromatic N) is 4. The van der Waals surface area contributed by atoms with E-state index in [9.17, 15) is 4.79 Å². The Morgan fingerprint density at radius 2 is 1.87 bits per heavy atom. The van der Waals surface area contributed by atoms with Crippen molar-refractivity contribution < 1.29 is 9.53 Å². The van der Waals surface area contributed by atoms with Crippen LogP contribution >= 0.6 is 23.4 Å². The summed E-state index contributed by atoms with van der Waals surface area (Å²) in [5, 5.41) is 5.86. The lowest BCUT2D eigenvalue weighted by molar-refractivity contribution is 0.122. The minimum absolute atomic E-state index is 0.371. The highest BCUT2D eigenvalue weighted by Crippen LogP contribution is 2.35. The van der Waals surface area contributed by atoms with Crippen LogP contribution in [0.5, 0.6) is 0 Å². The Bertz CT molecular complexity index is 1050. The van der Waals surface area contributed by atoms with E-state index in [4.69, 9.17) is 21.3 Å². The fourth-order valence-corrected chi connectivity index (χ4v) is 4.07. The van der Waals surface area contributed by atoms with Crippen molar-refractivity contribution in [3.05, 3.63) is 53.8 Å². The Labute approximate surface area is 189 Å². The number of benzene rings is 1. The molecule has 2 amide bonds. The van der Waals surface area contributed by atoms with E-state index < -0.39 is 0 Å². The minimum atomic E-state index is -0.371. The van der Waals surface area contributed by atoms with E-state index in [1.807, 2.05) is 36.6 Å². The van der Waals surface area contributed by atoms with Crippen LogP contribution in [0.25, 0.3) is 11.4 Å². The number of halogens is 1. The molecule has 0 spiro atoms. The maximum absolute atomic E-state index is 12.1. The molecule has 0 aliphatic carbocycles. The molecule has 31 heavy (non-hydrogen) atoms. The van der Waals surface area contributed by atoms with E-state index in [-0.39, 0.29) is 6.03 Å². The van der Waals surface area contributed by atoms with Crippen LogP contribution in [0.1, 0.15) is 0 Å². The Kier molecular flexibility index (Phi) is 6.86. The number of thioether (sulfide) groups is 1. The second kappa shape index (κ2) is 9.95. The van der Waals surface area contributed by atoms with Gasteiger partial charge in [0.1, 0.15) is 16.8 Å². The molecule has 1 fully saturated rings. The fraction of sp³-hybridized carbons (Fsp3) is 0.238. The van der Waals surface area contributed by atoms with Gasteiger partial charge >= 0.3 is 6.03 Å². The molecule has 1 saturated heterocycles. The van der Waals surface area contributed by atoms with Gasteiger partial charge in [-0.05, 0) is 30.5 Å². The molecule has 3 heterocycles. The summed E-state index contributed by atoms with van der Waals surface area (Å²) in [6, 6.07) is 12.3. The first-order valence-corrected chi connectivity index (χ1v) is 11.3. The van der Waals surface area contributed by atoms with Gasteiger partial charge in [-0.25, -0.2) is 19.7 Å². The third kappa shape index (κ3) is 5.25. The molecular formula is C21H21ClN6O2S. The number of hydrogen-bond acceptors (Lipinski definition) is 7. The summed E-state index contributed by atoms with van der Waals surface area (Å²) >= 11 is 7.99. The highest BCUT2D eigenvalue weighted by Gasteiger charge is 2.21. The lowest BCUT2D eigenvalue weighted by atomic mass is 10.2. The number of rotatable bonds is 5. The van der Waals surface area contributed by atoms with Crippen molar-refractivity contribution in [2.75, 3.05) is 48.1 Å². The number of carbonyl (C=O) groups is 1. The third-order valence-corrected chi connectivity index (χ3v) is 5.79. The molecule has 10 heteroatoms. The van der Waals surface area contributed by atoms with E-state index in [0.29, 0.717) is 41.3 Å². The van der Waals surface area contributed by atoms with Gasteiger partial charge < -0.3 is 15.0 Å². The highest BCUT2D eigenvalue weighted by atomic mass is 35.5. The zero-order chi connectivity index (χ0) is 21.6. The predicted molar refractivity (Wildman–Crippen MR) is 124 cm³/mol. The van der Waals surface area contributed by atoms with Crippen molar-refractivity contribution in [1.82, 2.24) is 15.0 Å². The van der Waals surface area contributed by atoms with Crippen LogP contribution in [0.4, 0.5) is 22.1 Å². The van der Waals surface area contributed by atoms with Crippen LogP contribution in [0.15, 0.2) is 53.6 Å². The lowest BCUT2D eigenvalue weighted by Crippen LogP contribution is -2.37. The number of amides is 2. The van der Waals surface area contributed by atoms with Crippen LogP contribution in [0.3, 0.4) is 0 Å². The molecule has 0 bridgehead atoms. The van der Waals surface area contributed by atoms with Gasteiger partial charge in [0.05, 0.1) is 18.1 Å². The SMILES string of the molecule is CSc1c(Cl)nc(-c2ccc(NC(=O)Nc3ccccc3)nc2)nc1N1CCOCC1. The summed E-state index contributed by atoms with van der Waals surface area (Å²) in [5.74, 6) is 1.70. The smallest absolute Gasteiger partial charge is 0.324 e. The molecule has 1 aliphatic heterocycles. The Morgan fingerprint density at radius 1 is 1.10 bits per heavy atom. The molecule has 4 rings (SSSR count). The molecule has 0 atom stereocenters. The number of morpholine rings is 1. The van der Waals surface area contributed by atoms with Crippen molar-refractivity contribution in [2.24, 2.45) is 0 Å². The van der Waals surface area contributed by atoms with Crippen LogP contribution in [0.2, 0.25) is 5.15 Å². The van der Waals surface area contributed by atoms with Crippen molar-refractivity contribution in [2.45, 2.75) is 4.90 Å². The fourth-order valence-electron chi connectivity index (χ4n) is 3.11. The molecule has 8 nitrogen and oxygen atoms in total. The molecule has 0 radical (unpaired) electrons. The summed E-state index contributed by atoms with van der Waals surface area (Å²) in [7, 11) is 0. The van der Waals surface area contributed by atoms with Gasteiger partial charge in [0, 0.05) is 30.5 Å². The first-order valence-electron chi connectivity index (χ1n) is 9.68. The van der Waals surface area contributed by atoms with Gasteiger partial charge in [-0.3, -0.25) is 5.32 Å². The molecule has 2 aromatic heterocycles. The van der Waals surface area contributed by atoms with E-state index in [2.05, 4.69) is 25.5 Å². The van der Waals surface area contributed by atoms with Crippen LogP contribution in [0, 0.1) is 0 Å². The number of aromatic nitrogens is 3. The minimum Gasteiger partial charge on any atom is -0.378 e.